The maximum atomic E-state index is 12.8. The Bertz CT molecular complexity index is 1290. The summed E-state index contributed by atoms with van der Waals surface area (Å²) in [6.45, 7) is 17.6. The van der Waals surface area contributed by atoms with Gasteiger partial charge in [0.1, 0.15) is 5.60 Å². The smallest absolute Gasteiger partial charge is 0.408 e. The van der Waals surface area contributed by atoms with Crippen LogP contribution in [-0.4, -0.2) is 24.1 Å². The molecule has 0 radical (unpaired) electrons. The van der Waals surface area contributed by atoms with Crippen LogP contribution in [0.4, 0.5) is 4.79 Å². The lowest BCUT2D eigenvalue weighted by molar-refractivity contribution is -0.0983. The zero-order valence-electron chi connectivity index (χ0n) is 23.6. The van der Waals surface area contributed by atoms with Crippen molar-refractivity contribution in [2.24, 2.45) is 0 Å². The standard InChI is InChI=1S/C33H39NO4/c1-23(2)26-15-12-16-28(21-26)32(5,6)34-30(36)38-31(3,4)22-37-33(7,8)27-19-17-25(18-20-27)29(35)24-13-10-9-11-14-24/h9-21H,1,22H2,2-8H3,(H,34,36). The monoisotopic (exact) mass is 513 g/mol. The molecule has 0 fully saturated rings. The summed E-state index contributed by atoms with van der Waals surface area (Å²) in [5.74, 6) is -0.0225. The van der Waals surface area contributed by atoms with Gasteiger partial charge in [0.15, 0.2) is 5.78 Å². The van der Waals surface area contributed by atoms with E-state index in [2.05, 4.69) is 11.9 Å². The van der Waals surface area contributed by atoms with Crippen LogP contribution in [-0.2, 0) is 20.6 Å². The molecule has 0 heterocycles. The first-order valence-corrected chi connectivity index (χ1v) is 12.8. The Kier molecular flexibility index (Phi) is 8.63. The molecule has 0 aliphatic heterocycles. The van der Waals surface area contributed by atoms with E-state index < -0.39 is 22.8 Å². The normalized spacial score (nSPS) is 12.1. The molecule has 0 aromatic heterocycles. The van der Waals surface area contributed by atoms with Crippen molar-refractivity contribution in [1.29, 1.82) is 0 Å². The van der Waals surface area contributed by atoms with E-state index in [9.17, 15) is 9.59 Å². The van der Waals surface area contributed by atoms with E-state index >= 15 is 0 Å². The second-order valence-corrected chi connectivity index (χ2v) is 11.3. The molecule has 0 saturated heterocycles. The summed E-state index contributed by atoms with van der Waals surface area (Å²) in [5.41, 5.74) is 2.96. The summed E-state index contributed by atoms with van der Waals surface area (Å²) in [4.78, 5) is 25.6. The molecule has 3 aromatic rings. The third-order valence-corrected chi connectivity index (χ3v) is 6.52. The molecule has 0 aliphatic rings. The first-order chi connectivity index (χ1) is 17.7. The lowest BCUT2D eigenvalue weighted by Crippen LogP contribution is -2.46. The van der Waals surface area contributed by atoms with Gasteiger partial charge >= 0.3 is 6.09 Å². The second kappa shape index (κ2) is 11.4. The van der Waals surface area contributed by atoms with E-state index in [1.165, 1.54) is 0 Å². The van der Waals surface area contributed by atoms with E-state index in [1.807, 2.05) is 127 Å². The molecule has 1 amide bonds. The van der Waals surface area contributed by atoms with E-state index in [4.69, 9.17) is 9.47 Å². The number of rotatable bonds is 10. The Morgan fingerprint density at radius 2 is 1.34 bits per heavy atom. The SMILES string of the molecule is C=C(C)c1cccc(C(C)(C)NC(=O)OC(C)(C)COC(C)(C)c2ccc(C(=O)c3ccccc3)cc2)c1. The van der Waals surface area contributed by atoms with Crippen LogP contribution in [0.2, 0.25) is 0 Å². The highest BCUT2D eigenvalue weighted by Crippen LogP contribution is 2.28. The van der Waals surface area contributed by atoms with Gasteiger partial charge in [-0.2, -0.15) is 0 Å². The molecule has 5 heteroatoms. The molecule has 5 nitrogen and oxygen atoms in total. The highest BCUT2D eigenvalue weighted by molar-refractivity contribution is 6.08. The number of carbonyl (C=O) groups is 2. The van der Waals surface area contributed by atoms with E-state index in [0.717, 1.165) is 22.3 Å². The van der Waals surface area contributed by atoms with Gasteiger partial charge in [0, 0.05) is 11.1 Å². The van der Waals surface area contributed by atoms with E-state index in [1.54, 1.807) is 0 Å². The molecular weight excluding hydrogens is 474 g/mol. The Morgan fingerprint density at radius 3 is 1.95 bits per heavy atom. The fraction of sp³-hybridized carbons (Fsp3) is 0.333. The number of carbonyl (C=O) groups excluding carboxylic acids is 2. The van der Waals surface area contributed by atoms with Gasteiger partial charge in [0.2, 0.25) is 0 Å². The Labute approximate surface area is 226 Å². The number of nitrogens with one attached hydrogen (secondary N) is 1. The number of benzene rings is 3. The van der Waals surface area contributed by atoms with Gasteiger partial charge in [0.05, 0.1) is 17.7 Å². The molecule has 38 heavy (non-hydrogen) atoms. The summed E-state index contributed by atoms with van der Waals surface area (Å²) >= 11 is 0. The van der Waals surface area contributed by atoms with Gasteiger partial charge in [-0.25, -0.2) is 4.79 Å². The third kappa shape index (κ3) is 7.42. The van der Waals surface area contributed by atoms with Crippen molar-refractivity contribution in [1.82, 2.24) is 5.32 Å². The number of hydrogen-bond acceptors (Lipinski definition) is 4. The molecule has 3 aromatic carbocycles. The molecule has 3 rings (SSSR count). The second-order valence-electron chi connectivity index (χ2n) is 11.3. The van der Waals surface area contributed by atoms with Crippen LogP contribution >= 0.6 is 0 Å². The van der Waals surface area contributed by atoms with Crippen LogP contribution in [0.5, 0.6) is 0 Å². The summed E-state index contributed by atoms with van der Waals surface area (Å²) in [6.07, 6.45) is -0.522. The molecule has 0 bridgehead atoms. The van der Waals surface area contributed by atoms with Crippen molar-refractivity contribution in [3.63, 3.8) is 0 Å². The fourth-order valence-corrected chi connectivity index (χ4v) is 4.02. The highest BCUT2D eigenvalue weighted by Gasteiger charge is 2.32. The minimum atomic E-state index is -0.875. The van der Waals surface area contributed by atoms with Crippen LogP contribution in [0.1, 0.15) is 81.1 Å². The molecule has 0 atom stereocenters. The van der Waals surface area contributed by atoms with Gasteiger partial charge in [0.25, 0.3) is 0 Å². The first kappa shape index (κ1) is 28.9. The molecule has 0 unspecified atom stereocenters. The van der Waals surface area contributed by atoms with Crippen molar-refractivity contribution in [2.45, 2.75) is 65.2 Å². The Morgan fingerprint density at radius 1 is 0.763 bits per heavy atom. The minimum absolute atomic E-state index is 0.0225. The largest absolute Gasteiger partial charge is 0.441 e. The maximum Gasteiger partial charge on any atom is 0.408 e. The zero-order chi connectivity index (χ0) is 28.1. The first-order valence-electron chi connectivity index (χ1n) is 12.8. The molecule has 1 N–H and O–H groups in total. The number of ether oxygens (including phenoxy) is 2. The molecule has 0 aliphatic carbocycles. The van der Waals surface area contributed by atoms with E-state index in [-0.39, 0.29) is 12.4 Å². The quantitative estimate of drug-likeness (QED) is 0.283. The lowest BCUT2D eigenvalue weighted by atomic mass is 9.92. The van der Waals surface area contributed by atoms with Crippen LogP contribution < -0.4 is 5.32 Å². The predicted molar refractivity (Wildman–Crippen MR) is 153 cm³/mol. The average Bonchev–Trinajstić information content (AvgIpc) is 2.87. The summed E-state index contributed by atoms with van der Waals surface area (Å²) < 4.78 is 12.0. The summed E-state index contributed by atoms with van der Waals surface area (Å²) in [6, 6.07) is 24.6. The third-order valence-electron chi connectivity index (χ3n) is 6.52. The number of allylic oxidation sites excluding steroid dienone is 1. The van der Waals surface area contributed by atoms with Crippen molar-refractivity contribution in [2.75, 3.05) is 6.61 Å². The van der Waals surface area contributed by atoms with Crippen molar-refractivity contribution < 1.29 is 19.1 Å². The predicted octanol–water partition coefficient (Wildman–Crippen LogP) is 7.64. The maximum absolute atomic E-state index is 12.8. The molecule has 0 saturated carbocycles. The summed E-state index contributed by atoms with van der Waals surface area (Å²) in [7, 11) is 0. The number of alkyl carbamates (subject to hydrolysis) is 1. The topological polar surface area (TPSA) is 64.6 Å². The van der Waals surface area contributed by atoms with Crippen molar-refractivity contribution in [3.05, 3.63) is 113 Å². The number of hydrogen-bond donors (Lipinski definition) is 1. The fourth-order valence-electron chi connectivity index (χ4n) is 4.02. The Hall–Kier alpha value is -3.70. The van der Waals surface area contributed by atoms with Gasteiger partial charge in [-0.15, -0.1) is 0 Å². The molecular formula is C33H39NO4. The zero-order valence-corrected chi connectivity index (χ0v) is 23.6. The number of ketones is 1. The van der Waals surface area contributed by atoms with Gasteiger partial charge in [-0.3, -0.25) is 4.79 Å². The van der Waals surface area contributed by atoms with Crippen LogP contribution in [0.3, 0.4) is 0 Å². The Balaban J connectivity index is 1.60. The number of amides is 1. The van der Waals surface area contributed by atoms with Crippen molar-refractivity contribution in [3.8, 4) is 0 Å². The van der Waals surface area contributed by atoms with Crippen LogP contribution in [0.25, 0.3) is 5.57 Å². The summed E-state index contributed by atoms with van der Waals surface area (Å²) in [5, 5.41) is 2.98. The van der Waals surface area contributed by atoms with Gasteiger partial charge < -0.3 is 14.8 Å². The van der Waals surface area contributed by atoms with Gasteiger partial charge in [-0.05, 0) is 71.2 Å². The highest BCUT2D eigenvalue weighted by atomic mass is 16.6. The average molecular weight is 514 g/mol. The van der Waals surface area contributed by atoms with Crippen molar-refractivity contribution >= 4 is 17.4 Å². The van der Waals surface area contributed by atoms with E-state index in [0.29, 0.717) is 11.1 Å². The minimum Gasteiger partial charge on any atom is -0.441 e. The molecule has 0 spiro atoms. The van der Waals surface area contributed by atoms with Crippen LogP contribution in [0.15, 0.2) is 85.4 Å². The van der Waals surface area contributed by atoms with Crippen LogP contribution in [0, 0.1) is 0 Å². The molecule has 200 valence electrons. The van der Waals surface area contributed by atoms with Gasteiger partial charge in [-0.1, -0.05) is 84.9 Å². The lowest BCUT2D eigenvalue weighted by Gasteiger charge is -2.34.